The van der Waals surface area contributed by atoms with Crippen molar-refractivity contribution < 1.29 is 9.59 Å². The van der Waals surface area contributed by atoms with Crippen molar-refractivity contribution in [2.45, 2.75) is 50.2 Å². The normalized spacial score (nSPS) is 32.6. The molecule has 0 bridgehead atoms. The molecule has 6 heteroatoms. The molecule has 0 aromatic heterocycles. The predicted octanol–water partition coefficient (Wildman–Crippen LogP) is -0.711. The summed E-state index contributed by atoms with van der Waals surface area (Å²) in [5.41, 5.74) is 5.94. The standard InChI is InChI=1S/C14H24N4O2/c15-10-3-6-17(7-4-10)11-5-8-18(9-11)14(20)12-1-2-13(19)16-12/h10-12H,1-9,15H2,(H,16,19)/t11?,12-/m1/s1. The van der Waals surface area contributed by atoms with E-state index >= 15 is 0 Å². The van der Waals surface area contributed by atoms with Crippen LogP contribution >= 0.6 is 0 Å². The largest absolute Gasteiger partial charge is 0.344 e. The molecule has 20 heavy (non-hydrogen) atoms. The molecule has 0 saturated carbocycles. The molecular formula is C14H24N4O2. The number of nitrogens with one attached hydrogen (secondary N) is 1. The number of carbonyl (C=O) groups excluding carboxylic acids is 2. The van der Waals surface area contributed by atoms with Crippen LogP contribution in [0.5, 0.6) is 0 Å². The van der Waals surface area contributed by atoms with Crippen molar-refractivity contribution in [1.29, 1.82) is 0 Å². The van der Waals surface area contributed by atoms with E-state index < -0.39 is 0 Å². The lowest BCUT2D eigenvalue weighted by atomic mass is 10.0. The molecule has 0 aromatic rings. The first kappa shape index (κ1) is 13.8. The molecule has 3 N–H and O–H groups in total. The van der Waals surface area contributed by atoms with E-state index in [2.05, 4.69) is 10.2 Å². The van der Waals surface area contributed by atoms with E-state index in [1.165, 1.54) is 0 Å². The molecule has 1 unspecified atom stereocenters. The fourth-order valence-electron chi connectivity index (χ4n) is 3.54. The molecular weight excluding hydrogens is 256 g/mol. The van der Waals surface area contributed by atoms with Crippen LogP contribution in [0.4, 0.5) is 0 Å². The lowest BCUT2D eigenvalue weighted by Gasteiger charge is -2.34. The summed E-state index contributed by atoms with van der Waals surface area (Å²) in [6.07, 6.45) is 4.29. The van der Waals surface area contributed by atoms with Crippen molar-refractivity contribution in [2.24, 2.45) is 5.73 Å². The lowest BCUT2D eigenvalue weighted by Crippen LogP contribution is -2.48. The van der Waals surface area contributed by atoms with Crippen LogP contribution in [0.1, 0.15) is 32.1 Å². The molecule has 3 aliphatic rings. The Bertz CT molecular complexity index is 393. The van der Waals surface area contributed by atoms with Crippen molar-refractivity contribution in [3.05, 3.63) is 0 Å². The topological polar surface area (TPSA) is 78.7 Å². The second kappa shape index (κ2) is 5.69. The van der Waals surface area contributed by atoms with Gasteiger partial charge in [0.15, 0.2) is 0 Å². The molecule has 3 fully saturated rings. The van der Waals surface area contributed by atoms with Gasteiger partial charge in [-0.25, -0.2) is 0 Å². The number of nitrogens with zero attached hydrogens (tertiary/aromatic N) is 2. The second-order valence-electron chi connectivity index (χ2n) is 6.26. The van der Waals surface area contributed by atoms with Crippen molar-refractivity contribution >= 4 is 11.8 Å². The van der Waals surface area contributed by atoms with Crippen LogP contribution in [0.2, 0.25) is 0 Å². The zero-order valence-corrected chi connectivity index (χ0v) is 11.9. The number of likely N-dealkylation sites (tertiary alicyclic amines) is 2. The summed E-state index contributed by atoms with van der Waals surface area (Å²) < 4.78 is 0. The fraction of sp³-hybridized carbons (Fsp3) is 0.857. The maximum absolute atomic E-state index is 12.3. The third kappa shape index (κ3) is 2.81. The average molecular weight is 280 g/mol. The number of piperidine rings is 1. The highest BCUT2D eigenvalue weighted by Crippen LogP contribution is 2.21. The number of hydrogen-bond acceptors (Lipinski definition) is 4. The Labute approximate surface area is 119 Å². The van der Waals surface area contributed by atoms with Crippen molar-refractivity contribution in [3.8, 4) is 0 Å². The molecule has 3 rings (SSSR count). The first-order valence-corrected chi connectivity index (χ1v) is 7.71. The molecule has 2 atom stereocenters. The van der Waals surface area contributed by atoms with Gasteiger partial charge in [-0.05, 0) is 38.8 Å². The van der Waals surface area contributed by atoms with Gasteiger partial charge in [-0.1, -0.05) is 0 Å². The average Bonchev–Trinajstić information content (AvgIpc) is 3.08. The Hall–Kier alpha value is -1.14. The van der Waals surface area contributed by atoms with E-state index in [-0.39, 0.29) is 17.9 Å². The minimum absolute atomic E-state index is 0.00381. The number of amides is 2. The summed E-state index contributed by atoms with van der Waals surface area (Å²) in [5.74, 6) is 0.108. The monoisotopic (exact) mass is 280 g/mol. The number of carbonyl (C=O) groups is 2. The summed E-state index contributed by atoms with van der Waals surface area (Å²) in [6.45, 7) is 3.72. The maximum atomic E-state index is 12.3. The maximum Gasteiger partial charge on any atom is 0.245 e. The van der Waals surface area contributed by atoms with Crippen molar-refractivity contribution in [3.63, 3.8) is 0 Å². The smallest absolute Gasteiger partial charge is 0.245 e. The van der Waals surface area contributed by atoms with Crippen molar-refractivity contribution in [2.75, 3.05) is 26.2 Å². The molecule has 2 amide bonds. The molecule has 3 saturated heterocycles. The van der Waals surface area contributed by atoms with Gasteiger partial charge in [0, 0.05) is 31.6 Å². The summed E-state index contributed by atoms with van der Waals surface area (Å²) in [6, 6.07) is 0.540. The van der Waals surface area contributed by atoms with E-state index in [1.807, 2.05) is 4.90 Å². The highest BCUT2D eigenvalue weighted by atomic mass is 16.2. The Morgan fingerprint density at radius 1 is 1.15 bits per heavy atom. The fourth-order valence-corrected chi connectivity index (χ4v) is 3.54. The molecule has 0 spiro atoms. The Morgan fingerprint density at radius 2 is 1.90 bits per heavy atom. The molecule has 112 valence electrons. The van der Waals surface area contributed by atoms with Crippen LogP contribution in [-0.2, 0) is 9.59 Å². The van der Waals surface area contributed by atoms with Gasteiger partial charge in [0.05, 0.1) is 0 Å². The van der Waals surface area contributed by atoms with Crippen molar-refractivity contribution in [1.82, 2.24) is 15.1 Å². The van der Waals surface area contributed by atoms with Crippen LogP contribution in [0.25, 0.3) is 0 Å². The highest BCUT2D eigenvalue weighted by molar-refractivity contribution is 5.90. The van der Waals surface area contributed by atoms with Gasteiger partial charge >= 0.3 is 0 Å². The third-order valence-electron chi connectivity index (χ3n) is 4.86. The molecule has 0 aliphatic carbocycles. The Kier molecular flexibility index (Phi) is 3.94. The van der Waals surface area contributed by atoms with E-state index in [1.54, 1.807) is 0 Å². The lowest BCUT2D eigenvalue weighted by molar-refractivity contribution is -0.133. The summed E-state index contributed by atoms with van der Waals surface area (Å²) in [5, 5.41) is 2.77. The first-order chi connectivity index (χ1) is 9.63. The third-order valence-corrected chi connectivity index (χ3v) is 4.86. The van der Waals surface area contributed by atoms with Gasteiger partial charge in [-0.3, -0.25) is 14.5 Å². The van der Waals surface area contributed by atoms with Gasteiger partial charge in [0.25, 0.3) is 0 Å². The van der Waals surface area contributed by atoms with Gasteiger partial charge in [-0.2, -0.15) is 0 Å². The van der Waals surface area contributed by atoms with Crippen LogP contribution in [-0.4, -0.2) is 65.9 Å². The van der Waals surface area contributed by atoms with Crippen LogP contribution in [0.15, 0.2) is 0 Å². The van der Waals surface area contributed by atoms with Crippen LogP contribution < -0.4 is 11.1 Å². The van der Waals surface area contributed by atoms with Gasteiger partial charge in [-0.15, -0.1) is 0 Å². The zero-order chi connectivity index (χ0) is 14.1. The summed E-state index contributed by atoms with van der Waals surface area (Å²) >= 11 is 0. The Balaban J connectivity index is 1.51. The molecule has 3 aliphatic heterocycles. The van der Waals surface area contributed by atoms with E-state index in [0.717, 1.165) is 45.4 Å². The summed E-state index contributed by atoms with van der Waals surface area (Å²) in [7, 11) is 0. The van der Waals surface area contributed by atoms with Gasteiger partial charge < -0.3 is 16.0 Å². The van der Waals surface area contributed by atoms with Crippen LogP contribution in [0.3, 0.4) is 0 Å². The number of rotatable bonds is 2. The Morgan fingerprint density at radius 3 is 2.55 bits per heavy atom. The number of nitrogens with two attached hydrogens (primary N) is 1. The SMILES string of the molecule is NC1CCN(C2CCN(C(=O)[C@H]3CCC(=O)N3)C2)CC1. The molecule has 0 radical (unpaired) electrons. The van der Waals surface area contributed by atoms with E-state index in [9.17, 15) is 9.59 Å². The second-order valence-corrected chi connectivity index (χ2v) is 6.26. The predicted molar refractivity (Wildman–Crippen MR) is 74.9 cm³/mol. The highest BCUT2D eigenvalue weighted by Gasteiger charge is 2.36. The summed E-state index contributed by atoms with van der Waals surface area (Å²) in [4.78, 5) is 28.0. The van der Waals surface area contributed by atoms with Gasteiger partial charge in [0.2, 0.25) is 11.8 Å². The quantitative estimate of drug-likeness (QED) is 0.700. The van der Waals surface area contributed by atoms with Crippen LogP contribution in [0, 0.1) is 0 Å². The minimum atomic E-state index is -0.281. The van der Waals surface area contributed by atoms with E-state index in [4.69, 9.17) is 5.73 Å². The first-order valence-electron chi connectivity index (χ1n) is 7.71. The zero-order valence-electron chi connectivity index (χ0n) is 11.9. The minimum Gasteiger partial charge on any atom is -0.344 e. The molecule has 0 aromatic carbocycles. The van der Waals surface area contributed by atoms with Gasteiger partial charge in [0.1, 0.15) is 6.04 Å². The molecule has 3 heterocycles. The molecule has 6 nitrogen and oxygen atoms in total. The van der Waals surface area contributed by atoms with E-state index in [0.29, 0.717) is 24.9 Å². The number of hydrogen-bond donors (Lipinski definition) is 2.